The molecule has 3 N–H and O–H groups in total. The maximum atomic E-state index is 11.0. The van der Waals surface area contributed by atoms with Crippen molar-refractivity contribution >= 4 is 22.6 Å². The SMILES string of the molecule is CCOc1ccc2c(C#N)c(-c3ccc(NC(N)=O)cc3)n(CC)c2c1. The normalized spacial score (nSPS) is 10.5. The molecule has 0 aliphatic heterocycles. The first kappa shape index (κ1) is 17.4. The summed E-state index contributed by atoms with van der Waals surface area (Å²) in [5.74, 6) is 0.782. The second-order valence-electron chi connectivity index (χ2n) is 5.76. The van der Waals surface area contributed by atoms with Crippen molar-refractivity contribution in [3.8, 4) is 23.1 Å². The van der Waals surface area contributed by atoms with Gasteiger partial charge in [-0.3, -0.25) is 0 Å². The highest BCUT2D eigenvalue weighted by Crippen LogP contribution is 2.35. The lowest BCUT2D eigenvalue weighted by Gasteiger charge is -2.10. The van der Waals surface area contributed by atoms with Crippen LogP contribution in [0.5, 0.6) is 5.75 Å². The van der Waals surface area contributed by atoms with Crippen LogP contribution in [0.1, 0.15) is 19.4 Å². The summed E-state index contributed by atoms with van der Waals surface area (Å²) in [5.41, 5.74) is 9.09. The lowest BCUT2D eigenvalue weighted by Crippen LogP contribution is -2.19. The van der Waals surface area contributed by atoms with Crippen LogP contribution in [0, 0.1) is 11.3 Å². The molecule has 6 heteroatoms. The van der Waals surface area contributed by atoms with Crippen molar-refractivity contribution in [3.63, 3.8) is 0 Å². The molecule has 3 rings (SSSR count). The summed E-state index contributed by atoms with van der Waals surface area (Å²) in [6.45, 7) is 5.28. The Bertz CT molecular complexity index is 997. The van der Waals surface area contributed by atoms with Gasteiger partial charge in [-0.1, -0.05) is 12.1 Å². The van der Waals surface area contributed by atoms with Crippen LogP contribution in [0.4, 0.5) is 10.5 Å². The van der Waals surface area contributed by atoms with Crippen molar-refractivity contribution < 1.29 is 9.53 Å². The third-order valence-corrected chi connectivity index (χ3v) is 4.20. The number of amides is 2. The molecule has 2 amide bonds. The Labute approximate surface area is 151 Å². The van der Waals surface area contributed by atoms with Crippen LogP contribution in [0.15, 0.2) is 42.5 Å². The molecule has 0 saturated heterocycles. The number of anilines is 1. The topological polar surface area (TPSA) is 93.1 Å². The van der Waals surface area contributed by atoms with Crippen molar-refractivity contribution in [2.24, 2.45) is 5.73 Å². The molecule has 2 aromatic carbocycles. The molecule has 0 saturated carbocycles. The molecule has 1 aromatic heterocycles. The van der Waals surface area contributed by atoms with E-state index in [4.69, 9.17) is 10.5 Å². The summed E-state index contributed by atoms with van der Waals surface area (Å²) in [5, 5.41) is 13.2. The smallest absolute Gasteiger partial charge is 0.316 e. The van der Waals surface area contributed by atoms with E-state index in [0.717, 1.165) is 27.9 Å². The summed E-state index contributed by atoms with van der Waals surface area (Å²) in [4.78, 5) is 11.0. The van der Waals surface area contributed by atoms with Crippen molar-refractivity contribution in [1.82, 2.24) is 4.57 Å². The number of primary amides is 1. The quantitative estimate of drug-likeness (QED) is 0.727. The van der Waals surface area contributed by atoms with E-state index in [9.17, 15) is 10.1 Å². The number of nitrogens with one attached hydrogen (secondary N) is 1. The second kappa shape index (κ2) is 7.19. The summed E-state index contributed by atoms with van der Waals surface area (Å²) in [7, 11) is 0. The third kappa shape index (κ3) is 3.07. The van der Waals surface area contributed by atoms with Crippen molar-refractivity contribution in [3.05, 3.63) is 48.0 Å². The fraction of sp³-hybridized carbons (Fsp3) is 0.200. The molecule has 6 nitrogen and oxygen atoms in total. The Morgan fingerprint density at radius 3 is 2.54 bits per heavy atom. The molecular weight excluding hydrogens is 328 g/mol. The van der Waals surface area contributed by atoms with Crippen molar-refractivity contribution in [1.29, 1.82) is 5.26 Å². The van der Waals surface area contributed by atoms with Crippen LogP contribution < -0.4 is 15.8 Å². The second-order valence-corrected chi connectivity index (χ2v) is 5.76. The van der Waals surface area contributed by atoms with Gasteiger partial charge in [-0.2, -0.15) is 5.26 Å². The first-order chi connectivity index (χ1) is 12.6. The van der Waals surface area contributed by atoms with Gasteiger partial charge in [-0.05, 0) is 43.7 Å². The molecule has 0 aliphatic carbocycles. The minimum absolute atomic E-state index is 0.588. The molecule has 0 unspecified atom stereocenters. The van der Waals surface area contributed by atoms with E-state index in [0.29, 0.717) is 24.4 Å². The van der Waals surface area contributed by atoms with Crippen LogP contribution in [0.3, 0.4) is 0 Å². The zero-order valence-corrected chi connectivity index (χ0v) is 14.7. The molecule has 132 valence electrons. The number of benzene rings is 2. The standard InChI is InChI=1S/C20H20N4O2/c1-3-24-18-11-15(26-4-2)9-10-16(18)17(12-21)19(24)13-5-7-14(8-6-13)23-20(22)25/h5-11H,3-4H2,1-2H3,(H3,22,23,25). The largest absolute Gasteiger partial charge is 0.494 e. The van der Waals surface area contributed by atoms with E-state index < -0.39 is 6.03 Å². The average Bonchev–Trinajstić information content (AvgIpc) is 2.95. The van der Waals surface area contributed by atoms with E-state index in [-0.39, 0.29) is 0 Å². The number of fused-ring (bicyclic) bond motifs is 1. The molecule has 0 fully saturated rings. The number of aromatic nitrogens is 1. The van der Waals surface area contributed by atoms with Gasteiger partial charge in [0.15, 0.2) is 0 Å². The first-order valence-corrected chi connectivity index (χ1v) is 8.45. The molecule has 0 spiro atoms. The van der Waals surface area contributed by atoms with Gasteiger partial charge < -0.3 is 20.4 Å². The minimum atomic E-state index is -0.610. The number of nitriles is 1. The summed E-state index contributed by atoms with van der Waals surface area (Å²) in [6.07, 6.45) is 0. The van der Waals surface area contributed by atoms with E-state index in [2.05, 4.69) is 16.0 Å². The number of nitrogens with two attached hydrogens (primary N) is 1. The Morgan fingerprint density at radius 2 is 1.96 bits per heavy atom. The first-order valence-electron chi connectivity index (χ1n) is 8.45. The van der Waals surface area contributed by atoms with E-state index >= 15 is 0 Å². The number of hydrogen-bond acceptors (Lipinski definition) is 3. The zero-order valence-electron chi connectivity index (χ0n) is 14.7. The fourth-order valence-electron chi connectivity index (χ4n) is 3.18. The molecular formula is C20H20N4O2. The fourth-order valence-corrected chi connectivity index (χ4v) is 3.18. The number of urea groups is 1. The molecule has 26 heavy (non-hydrogen) atoms. The van der Waals surface area contributed by atoms with Gasteiger partial charge in [0.05, 0.1) is 23.4 Å². The molecule has 0 atom stereocenters. The zero-order chi connectivity index (χ0) is 18.7. The number of ether oxygens (including phenoxy) is 1. The molecule has 0 bridgehead atoms. The lowest BCUT2D eigenvalue weighted by atomic mass is 10.1. The third-order valence-electron chi connectivity index (χ3n) is 4.20. The monoisotopic (exact) mass is 348 g/mol. The van der Waals surface area contributed by atoms with Crippen molar-refractivity contribution in [2.75, 3.05) is 11.9 Å². The molecule has 0 aliphatic rings. The summed E-state index contributed by atoms with van der Waals surface area (Å²) < 4.78 is 7.71. The van der Waals surface area contributed by atoms with E-state index in [1.54, 1.807) is 12.1 Å². The van der Waals surface area contributed by atoms with Gasteiger partial charge in [0.25, 0.3) is 0 Å². The van der Waals surface area contributed by atoms with Crippen LogP contribution in [-0.2, 0) is 6.54 Å². The number of carbonyl (C=O) groups excluding carboxylic acids is 1. The van der Waals surface area contributed by atoms with Crippen molar-refractivity contribution in [2.45, 2.75) is 20.4 Å². The molecule has 0 radical (unpaired) electrons. The summed E-state index contributed by atoms with van der Waals surface area (Å²) in [6, 6.07) is 14.8. The molecule has 3 aromatic rings. The average molecular weight is 348 g/mol. The Kier molecular flexibility index (Phi) is 4.81. The van der Waals surface area contributed by atoms with E-state index in [1.165, 1.54) is 0 Å². The van der Waals surface area contributed by atoms with Crippen LogP contribution in [0.25, 0.3) is 22.2 Å². The number of nitrogens with zero attached hydrogens (tertiary/aromatic N) is 2. The van der Waals surface area contributed by atoms with Gasteiger partial charge in [0.2, 0.25) is 0 Å². The summed E-state index contributed by atoms with van der Waals surface area (Å²) >= 11 is 0. The van der Waals surface area contributed by atoms with Gasteiger partial charge >= 0.3 is 6.03 Å². The Hall–Kier alpha value is -3.46. The number of hydrogen-bond donors (Lipinski definition) is 2. The molecule has 1 heterocycles. The Balaban J connectivity index is 2.18. The number of aryl methyl sites for hydroxylation is 1. The van der Waals surface area contributed by atoms with Gasteiger partial charge in [-0.25, -0.2) is 4.79 Å². The highest BCUT2D eigenvalue weighted by atomic mass is 16.5. The Morgan fingerprint density at radius 1 is 1.23 bits per heavy atom. The highest BCUT2D eigenvalue weighted by Gasteiger charge is 2.18. The predicted octanol–water partition coefficient (Wildman–Crippen LogP) is 4.09. The maximum Gasteiger partial charge on any atom is 0.316 e. The van der Waals surface area contributed by atoms with Gasteiger partial charge in [0.1, 0.15) is 11.8 Å². The number of carbonyl (C=O) groups is 1. The van der Waals surface area contributed by atoms with Gasteiger partial charge in [0, 0.05) is 23.7 Å². The maximum absolute atomic E-state index is 11.0. The van der Waals surface area contributed by atoms with Crippen LogP contribution in [0.2, 0.25) is 0 Å². The lowest BCUT2D eigenvalue weighted by molar-refractivity contribution is 0.259. The predicted molar refractivity (Wildman–Crippen MR) is 102 cm³/mol. The van der Waals surface area contributed by atoms with Crippen LogP contribution in [-0.4, -0.2) is 17.2 Å². The van der Waals surface area contributed by atoms with E-state index in [1.807, 2.05) is 44.2 Å². The minimum Gasteiger partial charge on any atom is -0.494 e. The number of rotatable bonds is 5. The van der Waals surface area contributed by atoms with Crippen LogP contribution >= 0.6 is 0 Å². The highest BCUT2D eigenvalue weighted by molar-refractivity contribution is 5.95. The van der Waals surface area contributed by atoms with Gasteiger partial charge in [-0.15, -0.1) is 0 Å².